The van der Waals surface area contributed by atoms with Crippen LogP contribution in [0, 0.1) is 11.2 Å². The summed E-state index contributed by atoms with van der Waals surface area (Å²) >= 11 is 0. The molecule has 0 saturated carbocycles. The van der Waals surface area contributed by atoms with Crippen LogP contribution < -0.4 is 14.4 Å². The SMILES string of the molecule is COC(=O)C(C)(C)C1CN(S(=O)(=O)c2ccc(F)cc2)c2cc(NC(=O)OC(C)(C)C(F)(F)F)ccc2O1. The summed E-state index contributed by atoms with van der Waals surface area (Å²) in [5.74, 6) is -1.33. The zero-order valence-electron chi connectivity index (χ0n) is 21.1. The van der Waals surface area contributed by atoms with E-state index in [9.17, 15) is 35.6 Å². The molecule has 1 heterocycles. The number of hydrogen-bond acceptors (Lipinski definition) is 7. The number of esters is 1. The summed E-state index contributed by atoms with van der Waals surface area (Å²) in [6.45, 7) is 3.97. The van der Waals surface area contributed by atoms with Crippen LogP contribution in [-0.4, -0.2) is 52.0 Å². The first-order valence-electron chi connectivity index (χ1n) is 11.1. The molecule has 3 rings (SSSR count). The second-order valence-electron chi connectivity index (χ2n) is 9.51. The molecule has 1 amide bonds. The molecule has 14 heteroatoms. The summed E-state index contributed by atoms with van der Waals surface area (Å²) in [4.78, 5) is 24.3. The van der Waals surface area contributed by atoms with Gasteiger partial charge in [-0.2, -0.15) is 13.2 Å². The minimum absolute atomic E-state index is 0.00143. The van der Waals surface area contributed by atoms with Gasteiger partial charge in [-0.3, -0.25) is 14.4 Å². The fraction of sp³-hybridized carbons (Fsp3) is 0.417. The number of nitrogens with zero attached hydrogens (tertiary/aromatic N) is 1. The lowest BCUT2D eigenvalue weighted by Crippen LogP contribution is -2.52. The topological polar surface area (TPSA) is 111 Å². The lowest BCUT2D eigenvalue weighted by atomic mass is 9.85. The largest absolute Gasteiger partial charge is 0.485 e. The van der Waals surface area contributed by atoms with Crippen molar-refractivity contribution in [3.8, 4) is 5.75 Å². The van der Waals surface area contributed by atoms with Gasteiger partial charge in [-0.15, -0.1) is 0 Å². The van der Waals surface area contributed by atoms with Crippen molar-refractivity contribution in [2.24, 2.45) is 5.41 Å². The van der Waals surface area contributed by atoms with Crippen molar-refractivity contribution < 1.29 is 49.8 Å². The van der Waals surface area contributed by atoms with Gasteiger partial charge >= 0.3 is 18.2 Å². The van der Waals surface area contributed by atoms with Crippen molar-refractivity contribution in [3.05, 3.63) is 48.3 Å². The molecule has 0 bridgehead atoms. The molecule has 2 aromatic rings. The fourth-order valence-electron chi connectivity index (χ4n) is 3.49. The van der Waals surface area contributed by atoms with Crippen LogP contribution in [0.3, 0.4) is 0 Å². The summed E-state index contributed by atoms with van der Waals surface area (Å²) in [5, 5.41) is 2.15. The Morgan fingerprint density at radius 1 is 1.05 bits per heavy atom. The summed E-state index contributed by atoms with van der Waals surface area (Å²) in [6.07, 6.45) is -7.30. The monoisotopic (exact) mass is 562 g/mol. The molecule has 9 nitrogen and oxygen atoms in total. The van der Waals surface area contributed by atoms with Crippen LogP contribution in [0.25, 0.3) is 0 Å². The third kappa shape index (κ3) is 5.64. The van der Waals surface area contributed by atoms with Crippen LogP contribution in [0.4, 0.5) is 33.7 Å². The van der Waals surface area contributed by atoms with Gasteiger partial charge in [0, 0.05) is 5.69 Å². The Kier molecular flexibility index (Phi) is 7.61. The molecule has 1 aliphatic heterocycles. The average molecular weight is 563 g/mol. The Balaban J connectivity index is 2.03. The molecule has 0 radical (unpaired) electrons. The van der Waals surface area contributed by atoms with Crippen molar-refractivity contribution in [2.75, 3.05) is 23.3 Å². The standard InChI is InChI=1S/C24H26F4N2O7S/c1-22(2,20(31)35-5)19-13-30(38(33,34)16-9-6-14(25)7-10-16)17-12-15(8-11-18(17)36-19)29-21(32)37-23(3,4)24(26,27)28/h6-12,19H,13H2,1-5H3,(H,29,32). The van der Waals surface area contributed by atoms with Gasteiger partial charge in [-0.25, -0.2) is 17.6 Å². The van der Waals surface area contributed by atoms with E-state index >= 15 is 0 Å². The lowest BCUT2D eigenvalue weighted by Gasteiger charge is -2.41. The summed E-state index contributed by atoms with van der Waals surface area (Å²) in [5.41, 5.74) is -4.29. The maximum Gasteiger partial charge on any atom is 0.427 e. The Morgan fingerprint density at radius 3 is 2.21 bits per heavy atom. The third-order valence-electron chi connectivity index (χ3n) is 6.02. The van der Waals surface area contributed by atoms with Gasteiger partial charge in [-0.05, 0) is 70.2 Å². The third-order valence-corrected chi connectivity index (χ3v) is 7.82. The Bertz CT molecular complexity index is 1330. The molecule has 0 aromatic heterocycles. The molecule has 1 atom stereocenters. The highest BCUT2D eigenvalue weighted by Gasteiger charge is 2.51. The summed E-state index contributed by atoms with van der Waals surface area (Å²) in [7, 11) is -3.20. The van der Waals surface area contributed by atoms with Crippen LogP contribution in [0.2, 0.25) is 0 Å². The number of benzene rings is 2. The number of fused-ring (bicyclic) bond motifs is 1. The summed E-state index contributed by atoms with van der Waals surface area (Å²) in [6, 6.07) is 7.74. The van der Waals surface area contributed by atoms with Crippen LogP contribution in [-0.2, 0) is 24.3 Å². The molecule has 208 valence electrons. The van der Waals surface area contributed by atoms with E-state index in [1.165, 1.54) is 39.2 Å². The van der Waals surface area contributed by atoms with E-state index in [4.69, 9.17) is 9.47 Å². The van der Waals surface area contributed by atoms with Gasteiger partial charge in [-0.1, -0.05) is 0 Å². The first kappa shape index (κ1) is 29.0. The number of carbonyl (C=O) groups excluding carboxylic acids is 2. The second-order valence-corrected chi connectivity index (χ2v) is 11.4. The van der Waals surface area contributed by atoms with Gasteiger partial charge in [0.1, 0.15) is 23.1 Å². The van der Waals surface area contributed by atoms with Gasteiger partial charge in [0.25, 0.3) is 10.0 Å². The van der Waals surface area contributed by atoms with Crippen LogP contribution in [0.5, 0.6) is 5.75 Å². The van der Waals surface area contributed by atoms with E-state index in [0.29, 0.717) is 13.8 Å². The van der Waals surface area contributed by atoms with E-state index in [1.54, 1.807) is 0 Å². The van der Waals surface area contributed by atoms with E-state index in [2.05, 4.69) is 10.1 Å². The molecular weight excluding hydrogens is 536 g/mol. The average Bonchev–Trinajstić information content (AvgIpc) is 2.81. The number of ether oxygens (including phenoxy) is 3. The fourth-order valence-corrected chi connectivity index (χ4v) is 4.96. The predicted molar refractivity (Wildman–Crippen MR) is 128 cm³/mol. The molecule has 0 spiro atoms. The molecule has 1 unspecified atom stereocenters. The van der Waals surface area contributed by atoms with Crippen molar-refractivity contribution in [1.82, 2.24) is 0 Å². The number of hydrogen-bond donors (Lipinski definition) is 1. The highest BCUT2D eigenvalue weighted by molar-refractivity contribution is 7.92. The molecule has 1 aliphatic rings. The number of alkyl halides is 3. The van der Waals surface area contributed by atoms with E-state index < -0.39 is 51.2 Å². The van der Waals surface area contributed by atoms with Crippen molar-refractivity contribution in [1.29, 1.82) is 0 Å². The lowest BCUT2D eigenvalue weighted by molar-refractivity contribution is -0.242. The molecular formula is C24H26F4N2O7S. The summed E-state index contributed by atoms with van der Waals surface area (Å²) < 4.78 is 96.1. The Hall–Kier alpha value is -3.55. The number of nitrogens with one attached hydrogen (secondary N) is 1. The van der Waals surface area contributed by atoms with Crippen molar-refractivity contribution >= 4 is 33.5 Å². The number of halogens is 4. The Morgan fingerprint density at radius 2 is 1.66 bits per heavy atom. The minimum Gasteiger partial charge on any atom is -0.485 e. The second kappa shape index (κ2) is 9.97. The van der Waals surface area contributed by atoms with E-state index in [-0.39, 0.29) is 28.6 Å². The van der Waals surface area contributed by atoms with E-state index in [0.717, 1.165) is 28.6 Å². The van der Waals surface area contributed by atoms with Crippen molar-refractivity contribution in [2.45, 2.75) is 50.5 Å². The number of rotatable bonds is 6. The number of methoxy groups -OCH3 is 1. The number of sulfonamides is 1. The number of anilines is 2. The molecule has 2 aromatic carbocycles. The highest BCUT2D eigenvalue weighted by Crippen LogP contribution is 2.43. The van der Waals surface area contributed by atoms with Gasteiger partial charge in [0.15, 0.2) is 0 Å². The smallest absolute Gasteiger partial charge is 0.427 e. The van der Waals surface area contributed by atoms with Gasteiger partial charge < -0.3 is 14.2 Å². The van der Waals surface area contributed by atoms with Gasteiger partial charge in [0.05, 0.1) is 24.2 Å². The first-order valence-corrected chi connectivity index (χ1v) is 12.6. The zero-order chi connectivity index (χ0) is 28.7. The molecule has 0 aliphatic carbocycles. The van der Waals surface area contributed by atoms with Crippen molar-refractivity contribution in [3.63, 3.8) is 0 Å². The number of carbonyl (C=O) groups is 2. The first-order chi connectivity index (χ1) is 17.4. The molecule has 0 saturated heterocycles. The van der Waals surface area contributed by atoms with Gasteiger partial charge in [0.2, 0.25) is 5.60 Å². The maximum absolute atomic E-state index is 13.6. The molecule has 0 fully saturated rings. The molecule has 1 N–H and O–H groups in total. The quantitative estimate of drug-likeness (QED) is 0.395. The minimum atomic E-state index is -4.84. The van der Waals surface area contributed by atoms with Crippen LogP contribution in [0.15, 0.2) is 47.4 Å². The Labute approximate surface area is 216 Å². The highest BCUT2D eigenvalue weighted by atomic mass is 32.2. The van der Waals surface area contributed by atoms with E-state index in [1.807, 2.05) is 0 Å². The molecule has 38 heavy (non-hydrogen) atoms. The maximum atomic E-state index is 13.6. The normalized spacial score (nSPS) is 16.2. The zero-order valence-corrected chi connectivity index (χ0v) is 21.9. The van der Waals surface area contributed by atoms with Crippen LogP contribution in [0.1, 0.15) is 27.7 Å². The van der Waals surface area contributed by atoms with Crippen LogP contribution >= 0.6 is 0 Å². The number of amides is 1. The predicted octanol–water partition coefficient (Wildman–Crippen LogP) is 4.87.